The molecule has 0 amide bonds. The molecule has 1 nitrogen and oxygen atoms in total. The van der Waals surface area contributed by atoms with E-state index in [1.165, 1.54) is 0 Å². The molecule has 0 saturated carbocycles. The zero-order valence-electron chi connectivity index (χ0n) is 6.60. The van der Waals surface area contributed by atoms with E-state index in [-0.39, 0.29) is 5.54 Å². The summed E-state index contributed by atoms with van der Waals surface area (Å²) in [4.78, 5) is 0. The first-order valence-corrected chi connectivity index (χ1v) is 6.01. The third kappa shape index (κ3) is 3.62. The van der Waals surface area contributed by atoms with E-state index in [4.69, 9.17) is 5.26 Å². The first kappa shape index (κ1) is 9.64. The van der Waals surface area contributed by atoms with Gasteiger partial charge in [-0.2, -0.15) is 5.26 Å². The van der Waals surface area contributed by atoms with Crippen LogP contribution in [0.4, 0.5) is 4.11 Å². The van der Waals surface area contributed by atoms with E-state index in [0.717, 1.165) is 19.3 Å². The fourth-order valence-electron chi connectivity index (χ4n) is 0.821. The minimum Gasteiger partial charge on any atom is -0.317 e. The maximum absolute atomic E-state index is 12.6. The average molecular weight is 159 g/mol. The Kier molecular flexibility index (Phi) is 5.23. The Bertz CT molecular complexity index is 119. The topological polar surface area (TPSA) is 23.8 Å². The molecule has 0 saturated heterocycles. The molecule has 2 atom stereocenters. The molecule has 0 aromatic carbocycles. The maximum Gasteiger partial charge on any atom is 0.245 e. The molecule has 2 unspecified atom stereocenters. The van der Waals surface area contributed by atoms with Gasteiger partial charge in [-0.15, -0.1) is 0 Å². The Morgan fingerprint density at radius 1 is 1.70 bits per heavy atom. The molecule has 3 heteroatoms. The zero-order valence-corrected chi connectivity index (χ0v) is 7.76. The summed E-state index contributed by atoms with van der Waals surface area (Å²) >= 11 is 0. The van der Waals surface area contributed by atoms with Gasteiger partial charge in [0.15, 0.2) is 0 Å². The fourth-order valence-corrected chi connectivity index (χ4v) is 1.72. The van der Waals surface area contributed by atoms with E-state index < -0.39 is 9.13 Å². The molecule has 0 bridgehead atoms. The van der Waals surface area contributed by atoms with Crippen LogP contribution in [0.5, 0.6) is 0 Å². The second-order valence-corrected chi connectivity index (χ2v) is 4.72. The van der Waals surface area contributed by atoms with Crippen LogP contribution in [0, 0.1) is 11.3 Å². The summed E-state index contributed by atoms with van der Waals surface area (Å²) < 4.78 is 12.6. The summed E-state index contributed by atoms with van der Waals surface area (Å²) in [5.74, 6) is 0. The number of hydrogen-bond acceptors (Lipinski definition) is 1. The largest absolute Gasteiger partial charge is 0.317 e. The number of nitrogens with zero attached hydrogens (tertiary/aromatic N) is 1. The van der Waals surface area contributed by atoms with Gasteiger partial charge >= 0.3 is 0 Å². The van der Waals surface area contributed by atoms with Crippen molar-refractivity contribution in [3.8, 4) is 6.07 Å². The molecule has 0 aliphatic carbocycles. The van der Waals surface area contributed by atoms with Gasteiger partial charge in [0.1, 0.15) is 0 Å². The summed E-state index contributed by atoms with van der Waals surface area (Å²) in [7, 11) is -2.18. The van der Waals surface area contributed by atoms with Gasteiger partial charge in [0.05, 0.1) is 11.6 Å². The minimum absolute atomic E-state index is 0.250. The van der Waals surface area contributed by atoms with E-state index >= 15 is 0 Å². The molecule has 10 heavy (non-hydrogen) atoms. The first-order chi connectivity index (χ1) is 4.72. The molecule has 0 aromatic heterocycles. The number of nitriles is 1. The molecule has 58 valence electrons. The highest BCUT2D eigenvalue weighted by atomic mass is 28.3. The van der Waals surface area contributed by atoms with E-state index in [1.807, 2.05) is 6.07 Å². The van der Waals surface area contributed by atoms with Crippen molar-refractivity contribution in [1.82, 2.24) is 0 Å². The summed E-state index contributed by atoms with van der Waals surface area (Å²) in [6, 6.07) is 2.02. The zero-order chi connectivity index (χ0) is 7.98. The van der Waals surface area contributed by atoms with Crippen LogP contribution in [0.2, 0.25) is 12.1 Å². The van der Waals surface area contributed by atoms with Gasteiger partial charge in [-0.05, 0) is 13.0 Å². The van der Waals surface area contributed by atoms with Crippen molar-refractivity contribution in [2.45, 2.75) is 38.3 Å². The van der Waals surface area contributed by atoms with E-state index in [1.54, 1.807) is 6.55 Å². The minimum atomic E-state index is -2.18. The van der Waals surface area contributed by atoms with Gasteiger partial charge in [0, 0.05) is 0 Å². The Balaban J connectivity index is 3.53. The van der Waals surface area contributed by atoms with Crippen molar-refractivity contribution in [2.75, 3.05) is 0 Å². The van der Waals surface area contributed by atoms with Crippen molar-refractivity contribution in [1.29, 1.82) is 5.26 Å². The molecule has 0 rings (SSSR count). The van der Waals surface area contributed by atoms with E-state index in [0.29, 0.717) is 0 Å². The van der Waals surface area contributed by atoms with Gasteiger partial charge in [-0.3, -0.25) is 0 Å². The van der Waals surface area contributed by atoms with E-state index in [9.17, 15) is 4.11 Å². The van der Waals surface area contributed by atoms with Gasteiger partial charge in [0.2, 0.25) is 9.13 Å². The molecule has 0 fully saturated rings. The third-order valence-corrected chi connectivity index (χ3v) is 3.18. The number of rotatable bonds is 4. The molecule has 0 heterocycles. The fraction of sp³-hybridized carbons (Fsp3) is 0.857. The number of unbranched alkanes of at least 4 members (excludes halogenated alkanes) is 1. The Hall–Kier alpha value is -0.363. The average Bonchev–Trinajstić information content (AvgIpc) is 1.89. The molecule has 0 N–H and O–H groups in total. The lowest BCUT2D eigenvalue weighted by Crippen LogP contribution is -2.08. The molecule has 0 radical (unpaired) electrons. The lowest BCUT2D eigenvalue weighted by Gasteiger charge is -2.05. The Labute approximate surface area is 63.6 Å². The summed E-state index contributed by atoms with van der Waals surface area (Å²) in [5, 5.41) is 8.47. The highest BCUT2D eigenvalue weighted by Crippen LogP contribution is 2.17. The van der Waals surface area contributed by atoms with Gasteiger partial charge in [-0.25, -0.2) is 0 Å². The van der Waals surface area contributed by atoms with Crippen LogP contribution in [0.3, 0.4) is 0 Å². The van der Waals surface area contributed by atoms with Crippen LogP contribution in [0.15, 0.2) is 0 Å². The summed E-state index contributed by atoms with van der Waals surface area (Å²) in [5.41, 5.74) is -0.250. The smallest absolute Gasteiger partial charge is 0.245 e. The normalized spacial score (nSPS) is 15.8. The summed E-state index contributed by atoms with van der Waals surface area (Å²) in [6.45, 7) is 3.64. The van der Waals surface area contributed by atoms with Crippen molar-refractivity contribution in [2.24, 2.45) is 0 Å². The second kappa shape index (κ2) is 5.42. The van der Waals surface area contributed by atoms with Crippen LogP contribution in [-0.4, -0.2) is 9.13 Å². The van der Waals surface area contributed by atoms with Crippen molar-refractivity contribution in [3.05, 3.63) is 0 Å². The van der Waals surface area contributed by atoms with Crippen LogP contribution in [-0.2, 0) is 0 Å². The predicted octanol–water partition coefficient (Wildman–Crippen LogP) is 2.39. The molecular weight excluding hydrogens is 145 g/mol. The first-order valence-electron chi connectivity index (χ1n) is 3.76. The third-order valence-electron chi connectivity index (χ3n) is 1.59. The van der Waals surface area contributed by atoms with Crippen LogP contribution in [0.1, 0.15) is 26.2 Å². The van der Waals surface area contributed by atoms with Gasteiger partial charge in [-0.1, -0.05) is 19.8 Å². The van der Waals surface area contributed by atoms with Crippen molar-refractivity contribution in [3.63, 3.8) is 0 Å². The van der Waals surface area contributed by atoms with Crippen LogP contribution in [0.25, 0.3) is 0 Å². The highest BCUT2D eigenvalue weighted by Gasteiger charge is 2.16. The lowest BCUT2D eigenvalue weighted by molar-refractivity contribution is 0.690. The molecule has 0 aliphatic rings. The number of halogens is 1. The lowest BCUT2D eigenvalue weighted by atomic mass is 10.2. The maximum atomic E-state index is 12.6. The van der Waals surface area contributed by atoms with Gasteiger partial charge < -0.3 is 4.11 Å². The van der Waals surface area contributed by atoms with Crippen molar-refractivity contribution < 1.29 is 4.11 Å². The molecule has 0 aliphatic heterocycles. The SMILES string of the molecule is CCCCC(C#N)[SiH](C)F. The van der Waals surface area contributed by atoms with E-state index in [2.05, 4.69) is 6.92 Å². The molecular formula is C7H14FNSi. The molecule has 0 aromatic rings. The Morgan fingerprint density at radius 2 is 2.30 bits per heavy atom. The monoisotopic (exact) mass is 159 g/mol. The van der Waals surface area contributed by atoms with Crippen molar-refractivity contribution >= 4 is 9.13 Å². The quantitative estimate of drug-likeness (QED) is 0.456. The van der Waals surface area contributed by atoms with Crippen LogP contribution < -0.4 is 0 Å². The molecule has 0 spiro atoms. The van der Waals surface area contributed by atoms with Gasteiger partial charge in [0.25, 0.3) is 0 Å². The second-order valence-electron chi connectivity index (χ2n) is 2.56. The predicted molar refractivity (Wildman–Crippen MR) is 43.0 cm³/mol. The van der Waals surface area contributed by atoms with Crippen LogP contribution >= 0.6 is 0 Å². The highest BCUT2D eigenvalue weighted by molar-refractivity contribution is 6.52. The number of hydrogen-bond donors (Lipinski definition) is 0. The standard InChI is InChI=1S/C7H14FNSi/c1-3-4-5-7(6-9)10(2)8/h7,10H,3-5H2,1-2H3. The Morgan fingerprint density at radius 3 is 2.60 bits per heavy atom. The summed E-state index contributed by atoms with van der Waals surface area (Å²) in [6.07, 6.45) is 2.80.